The van der Waals surface area contributed by atoms with Crippen LogP contribution in [0.15, 0.2) is 23.3 Å². The van der Waals surface area contributed by atoms with Crippen LogP contribution in [0.1, 0.15) is 62.0 Å². The fourth-order valence-corrected chi connectivity index (χ4v) is 3.89. The van der Waals surface area contributed by atoms with Crippen LogP contribution in [0.3, 0.4) is 0 Å². The van der Waals surface area contributed by atoms with Crippen LogP contribution in [-0.2, 0) is 20.1 Å². The second-order valence-corrected chi connectivity index (χ2v) is 8.32. The Balaban J connectivity index is 1.60. The number of rotatable bonds is 7. The minimum atomic E-state index is 0.289. The smallest absolute Gasteiger partial charge is 0.213 e. The number of nitrogens with one attached hydrogen (secondary N) is 2. The molecule has 0 aromatic carbocycles. The highest BCUT2D eigenvalue weighted by Gasteiger charge is 2.20. The van der Waals surface area contributed by atoms with Gasteiger partial charge in [0.05, 0.1) is 12.2 Å². The Kier molecular flexibility index (Phi) is 7.71. The molecule has 0 radical (unpaired) electrons. The quantitative estimate of drug-likeness (QED) is 0.536. The summed E-state index contributed by atoms with van der Waals surface area (Å²) >= 11 is 0. The first-order valence-electron chi connectivity index (χ1n) is 11.1. The van der Waals surface area contributed by atoms with Crippen LogP contribution in [0.25, 0.3) is 0 Å². The van der Waals surface area contributed by atoms with Crippen molar-refractivity contribution in [2.75, 3.05) is 6.54 Å². The van der Waals surface area contributed by atoms with Gasteiger partial charge in [-0.1, -0.05) is 6.92 Å². The molecule has 164 valence electrons. The summed E-state index contributed by atoms with van der Waals surface area (Å²) < 4.78 is 8.05. The SMILES string of the molecule is CCNC(=NCc1ccnc(OC2CCC(C)CC2)c1)NCc1c(C)nn(C)c1C. The first-order chi connectivity index (χ1) is 14.5. The molecular weight excluding hydrogens is 376 g/mol. The monoisotopic (exact) mass is 412 g/mol. The van der Waals surface area contributed by atoms with Gasteiger partial charge in [0.2, 0.25) is 5.88 Å². The number of aliphatic imine (C=N–C) groups is 1. The van der Waals surface area contributed by atoms with Crippen molar-refractivity contribution in [1.82, 2.24) is 25.4 Å². The molecule has 7 nitrogen and oxygen atoms in total. The van der Waals surface area contributed by atoms with Crippen molar-refractivity contribution >= 4 is 5.96 Å². The van der Waals surface area contributed by atoms with Gasteiger partial charge in [0.1, 0.15) is 6.10 Å². The van der Waals surface area contributed by atoms with E-state index in [1.54, 1.807) is 0 Å². The lowest BCUT2D eigenvalue weighted by Crippen LogP contribution is -2.37. The Hall–Kier alpha value is -2.57. The molecule has 0 saturated heterocycles. The van der Waals surface area contributed by atoms with Gasteiger partial charge in [-0.3, -0.25) is 4.68 Å². The minimum absolute atomic E-state index is 0.289. The van der Waals surface area contributed by atoms with E-state index in [2.05, 4.69) is 41.5 Å². The average molecular weight is 413 g/mol. The topological polar surface area (TPSA) is 76.4 Å². The molecule has 30 heavy (non-hydrogen) atoms. The predicted molar refractivity (Wildman–Crippen MR) is 121 cm³/mol. The molecule has 0 unspecified atom stereocenters. The molecule has 1 aliphatic rings. The Morgan fingerprint density at radius 2 is 2.00 bits per heavy atom. The molecule has 1 aliphatic carbocycles. The van der Waals surface area contributed by atoms with Crippen LogP contribution in [0, 0.1) is 19.8 Å². The number of ether oxygens (including phenoxy) is 1. The molecule has 0 atom stereocenters. The Morgan fingerprint density at radius 1 is 1.23 bits per heavy atom. The molecule has 0 aliphatic heterocycles. The van der Waals surface area contributed by atoms with E-state index in [4.69, 9.17) is 9.73 Å². The van der Waals surface area contributed by atoms with Crippen molar-refractivity contribution in [3.8, 4) is 5.88 Å². The highest BCUT2D eigenvalue weighted by molar-refractivity contribution is 5.79. The van der Waals surface area contributed by atoms with Gasteiger partial charge in [-0.2, -0.15) is 5.10 Å². The number of nitrogens with zero attached hydrogens (tertiary/aromatic N) is 4. The number of hydrogen-bond donors (Lipinski definition) is 2. The number of aromatic nitrogens is 3. The lowest BCUT2D eigenvalue weighted by atomic mass is 9.89. The molecule has 3 rings (SSSR count). The van der Waals surface area contributed by atoms with Gasteiger partial charge < -0.3 is 15.4 Å². The Morgan fingerprint density at radius 3 is 2.67 bits per heavy atom. The predicted octanol–water partition coefficient (Wildman–Crippen LogP) is 3.64. The van der Waals surface area contributed by atoms with E-state index in [-0.39, 0.29) is 6.10 Å². The molecule has 2 heterocycles. The Bertz CT molecular complexity index is 851. The molecule has 1 fully saturated rings. The molecule has 0 spiro atoms. The summed E-state index contributed by atoms with van der Waals surface area (Å²) in [6, 6.07) is 4.01. The van der Waals surface area contributed by atoms with Crippen molar-refractivity contribution in [1.29, 1.82) is 0 Å². The third kappa shape index (κ3) is 5.97. The van der Waals surface area contributed by atoms with Crippen LogP contribution in [0.4, 0.5) is 0 Å². The molecule has 0 amide bonds. The van der Waals surface area contributed by atoms with Crippen LogP contribution < -0.4 is 15.4 Å². The maximum absolute atomic E-state index is 6.13. The zero-order chi connectivity index (χ0) is 21.5. The summed E-state index contributed by atoms with van der Waals surface area (Å²) in [7, 11) is 1.97. The zero-order valence-corrected chi connectivity index (χ0v) is 19.0. The van der Waals surface area contributed by atoms with Gasteiger partial charge in [0.15, 0.2) is 5.96 Å². The van der Waals surface area contributed by atoms with E-state index in [1.165, 1.54) is 24.1 Å². The minimum Gasteiger partial charge on any atom is -0.474 e. The molecule has 2 aromatic rings. The van der Waals surface area contributed by atoms with E-state index in [0.29, 0.717) is 19.0 Å². The third-order valence-corrected chi connectivity index (χ3v) is 5.91. The van der Waals surface area contributed by atoms with Crippen molar-refractivity contribution < 1.29 is 4.74 Å². The van der Waals surface area contributed by atoms with Gasteiger partial charge in [-0.05, 0) is 64.0 Å². The van der Waals surface area contributed by atoms with Crippen molar-refractivity contribution in [2.24, 2.45) is 18.0 Å². The first kappa shape index (κ1) is 22.1. The number of aryl methyl sites for hydroxylation is 2. The molecule has 1 saturated carbocycles. The summed E-state index contributed by atoms with van der Waals surface area (Å²) in [4.78, 5) is 9.15. The maximum atomic E-state index is 6.13. The summed E-state index contributed by atoms with van der Waals surface area (Å²) in [5, 5.41) is 11.2. The lowest BCUT2D eigenvalue weighted by molar-refractivity contribution is 0.130. The lowest BCUT2D eigenvalue weighted by Gasteiger charge is -2.26. The fourth-order valence-electron chi connectivity index (χ4n) is 3.89. The normalized spacial score (nSPS) is 19.6. The number of hydrogen-bond acceptors (Lipinski definition) is 4. The molecule has 7 heteroatoms. The number of guanidine groups is 1. The largest absolute Gasteiger partial charge is 0.474 e. The fraction of sp³-hybridized carbons (Fsp3) is 0.609. The summed E-state index contributed by atoms with van der Waals surface area (Å²) in [5.41, 5.74) is 4.52. The van der Waals surface area contributed by atoms with Crippen LogP contribution in [0.2, 0.25) is 0 Å². The molecule has 2 aromatic heterocycles. The maximum Gasteiger partial charge on any atom is 0.213 e. The van der Waals surface area contributed by atoms with Gasteiger partial charge in [-0.25, -0.2) is 9.98 Å². The van der Waals surface area contributed by atoms with Gasteiger partial charge >= 0.3 is 0 Å². The second kappa shape index (κ2) is 10.5. The summed E-state index contributed by atoms with van der Waals surface area (Å²) in [5.74, 6) is 2.32. The van der Waals surface area contributed by atoms with E-state index in [0.717, 1.165) is 42.5 Å². The standard InChI is InChI=1S/C23H36N6O/c1-6-24-23(27-15-21-17(3)28-29(5)18(21)4)26-14-19-11-12-25-22(13-19)30-20-9-7-16(2)8-10-20/h11-13,16,20H,6-10,14-15H2,1-5H3,(H2,24,26,27). The average Bonchev–Trinajstić information content (AvgIpc) is 2.97. The van der Waals surface area contributed by atoms with Crippen molar-refractivity contribution in [3.05, 3.63) is 40.8 Å². The molecular formula is C23H36N6O. The first-order valence-corrected chi connectivity index (χ1v) is 11.1. The van der Waals surface area contributed by atoms with E-state index >= 15 is 0 Å². The number of pyridine rings is 1. The van der Waals surface area contributed by atoms with Crippen LogP contribution in [0.5, 0.6) is 5.88 Å². The Labute approximate surface area is 180 Å². The van der Waals surface area contributed by atoms with Gasteiger partial charge in [-0.15, -0.1) is 0 Å². The second-order valence-electron chi connectivity index (χ2n) is 8.32. The zero-order valence-electron chi connectivity index (χ0n) is 19.0. The molecule has 2 N–H and O–H groups in total. The highest BCUT2D eigenvalue weighted by Crippen LogP contribution is 2.26. The van der Waals surface area contributed by atoms with Crippen LogP contribution >= 0.6 is 0 Å². The summed E-state index contributed by atoms with van der Waals surface area (Å²) in [6.45, 7) is 10.6. The third-order valence-electron chi connectivity index (χ3n) is 5.91. The van der Waals surface area contributed by atoms with Crippen molar-refractivity contribution in [3.63, 3.8) is 0 Å². The van der Waals surface area contributed by atoms with E-state index in [9.17, 15) is 0 Å². The van der Waals surface area contributed by atoms with Crippen molar-refractivity contribution in [2.45, 2.75) is 72.6 Å². The highest BCUT2D eigenvalue weighted by atomic mass is 16.5. The summed E-state index contributed by atoms with van der Waals surface area (Å²) in [6.07, 6.45) is 6.82. The van der Waals surface area contributed by atoms with Gasteiger partial charge in [0.25, 0.3) is 0 Å². The van der Waals surface area contributed by atoms with Gasteiger partial charge in [0, 0.05) is 43.7 Å². The van der Waals surface area contributed by atoms with E-state index < -0.39 is 0 Å². The van der Waals surface area contributed by atoms with Crippen LogP contribution in [-0.4, -0.2) is 33.4 Å². The van der Waals surface area contributed by atoms with E-state index in [1.807, 2.05) is 37.0 Å². The molecule has 0 bridgehead atoms.